The Bertz CT molecular complexity index is 680. The molecule has 0 aliphatic heterocycles. The van der Waals surface area contributed by atoms with Crippen LogP contribution in [0.4, 0.5) is 10.7 Å². The van der Waals surface area contributed by atoms with Gasteiger partial charge in [-0.25, -0.2) is 9.88 Å². The van der Waals surface area contributed by atoms with Crippen molar-refractivity contribution in [2.24, 2.45) is 0 Å². The molecular weight excluding hydrogens is 270 g/mol. The zero-order chi connectivity index (χ0) is 14.2. The van der Waals surface area contributed by atoms with E-state index in [1.54, 1.807) is 12.1 Å². The van der Waals surface area contributed by atoms with Crippen LogP contribution >= 0.6 is 11.3 Å². The summed E-state index contributed by atoms with van der Waals surface area (Å²) < 4.78 is 0. The maximum atomic E-state index is 11.6. The highest BCUT2D eigenvalue weighted by atomic mass is 32.1. The largest absolute Gasteiger partial charge is 0.350 e. The average molecular weight is 279 g/mol. The topological polar surface area (TPSA) is 93.4 Å². The molecule has 0 aliphatic rings. The van der Waals surface area contributed by atoms with Crippen molar-refractivity contribution in [3.8, 4) is 0 Å². The first-order chi connectivity index (χ1) is 8.93. The van der Waals surface area contributed by atoms with Crippen LogP contribution in [-0.2, 0) is 9.59 Å². The van der Waals surface area contributed by atoms with Gasteiger partial charge in [0.25, 0.3) is 0 Å². The second-order valence-electron chi connectivity index (χ2n) is 3.74. The maximum Gasteiger partial charge on any atom is 0.350 e. The lowest BCUT2D eigenvalue weighted by atomic mass is 10.2. The minimum atomic E-state index is -0.611. The summed E-state index contributed by atoms with van der Waals surface area (Å²) in [5, 5.41) is 11.2. The van der Waals surface area contributed by atoms with Gasteiger partial charge >= 0.3 is 5.00 Å². The van der Waals surface area contributed by atoms with E-state index >= 15 is 0 Å². The van der Waals surface area contributed by atoms with Gasteiger partial charge in [0.15, 0.2) is 5.69 Å². The Morgan fingerprint density at radius 3 is 2.53 bits per heavy atom. The molecule has 0 radical (unpaired) electrons. The molecule has 0 saturated carbocycles. The highest BCUT2D eigenvalue weighted by Crippen LogP contribution is 2.43. The molecular formula is C11H9N3O4S. The normalized spacial score (nSPS) is 10.4. The molecule has 8 heteroatoms. The fourth-order valence-electron chi connectivity index (χ4n) is 1.78. The molecule has 0 bridgehead atoms. The number of amides is 2. The fraction of sp³-hybridized carbons (Fsp3) is 0.182. The minimum absolute atomic E-state index is 0.00176. The average Bonchev–Trinajstić information content (AvgIpc) is 2.68. The van der Waals surface area contributed by atoms with Crippen LogP contribution < -0.4 is 4.90 Å². The third kappa shape index (κ3) is 2.17. The molecule has 2 aromatic heterocycles. The molecule has 0 saturated heterocycles. The molecule has 19 heavy (non-hydrogen) atoms. The van der Waals surface area contributed by atoms with Gasteiger partial charge in [-0.2, -0.15) is 0 Å². The lowest BCUT2D eigenvalue weighted by molar-refractivity contribution is -0.379. The van der Waals surface area contributed by atoms with Crippen molar-refractivity contribution in [1.82, 2.24) is 4.98 Å². The number of pyridine rings is 1. The van der Waals surface area contributed by atoms with Crippen molar-refractivity contribution in [3.63, 3.8) is 0 Å². The number of imide groups is 1. The second-order valence-corrected chi connectivity index (χ2v) is 4.72. The molecule has 2 rings (SSSR count). The molecule has 0 N–H and O–H groups in total. The van der Waals surface area contributed by atoms with Crippen LogP contribution in [0.3, 0.4) is 0 Å². The van der Waals surface area contributed by atoms with E-state index in [4.69, 9.17) is 0 Å². The van der Waals surface area contributed by atoms with Crippen molar-refractivity contribution in [3.05, 3.63) is 28.4 Å². The number of thiophene rings is 1. The van der Waals surface area contributed by atoms with Crippen LogP contribution in [0.15, 0.2) is 18.3 Å². The summed E-state index contributed by atoms with van der Waals surface area (Å²) in [5.41, 5.74) is -0.00176. The first-order valence-corrected chi connectivity index (χ1v) is 6.08. The molecule has 0 fully saturated rings. The Kier molecular flexibility index (Phi) is 3.26. The third-order valence-electron chi connectivity index (χ3n) is 2.44. The van der Waals surface area contributed by atoms with Gasteiger partial charge in [0.1, 0.15) is 4.83 Å². The van der Waals surface area contributed by atoms with Gasteiger partial charge in [0.2, 0.25) is 11.8 Å². The molecule has 0 atom stereocenters. The zero-order valence-electron chi connectivity index (χ0n) is 10.1. The lowest BCUT2D eigenvalue weighted by Gasteiger charge is -2.15. The van der Waals surface area contributed by atoms with E-state index in [-0.39, 0.29) is 10.7 Å². The standard InChI is InChI=1S/C11H9N3O4S/c1-6(15)13(7(2)16)9-8-4-3-5-12-10(8)19-11(9)14(17)18/h3-5H,1-2H3. The number of rotatable bonds is 2. The summed E-state index contributed by atoms with van der Waals surface area (Å²) in [6, 6.07) is 3.20. The first kappa shape index (κ1) is 13.1. The summed E-state index contributed by atoms with van der Waals surface area (Å²) in [6.45, 7) is 2.37. The number of carbonyl (C=O) groups is 2. The first-order valence-electron chi connectivity index (χ1n) is 5.26. The number of fused-ring (bicyclic) bond motifs is 1. The van der Waals surface area contributed by atoms with E-state index in [1.165, 1.54) is 20.0 Å². The fourth-order valence-corrected chi connectivity index (χ4v) is 2.73. The summed E-state index contributed by atoms with van der Waals surface area (Å²) in [7, 11) is 0. The smallest absolute Gasteiger partial charge is 0.274 e. The van der Waals surface area contributed by atoms with Crippen LogP contribution in [0.1, 0.15) is 13.8 Å². The monoisotopic (exact) mass is 279 g/mol. The highest BCUT2D eigenvalue weighted by molar-refractivity contribution is 7.22. The molecule has 2 aromatic rings. The number of anilines is 1. The minimum Gasteiger partial charge on any atom is -0.274 e. The number of nitrogens with zero attached hydrogens (tertiary/aromatic N) is 3. The van der Waals surface area contributed by atoms with Crippen LogP contribution in [0.2, 0.25) is 0 Å². The number of nitro groups is 1. The van der Waals surface area contributed by atoms with Gasteiger partial charge < -0.3 is 0 Å². The second kappa shape index (κ2) is 4.73. The Labute approximate surface area is 111 Å². The van der Waals surface area contributed by atoms with Gasteiger partial charge in [-0.3, -0.25) is 19.7 Å². The molecule has 0 unspecified atom stereocenters. The zero-order valence-corrected chi connectivity index (χ0v) is 10.9. The van der Waals surface area contributed by atoms with E-state index in [2.05, 4.69) is 4.98 Å². The maximum absolute atomic E-state index is 11.6. The summed E-state index contributed by atoms with van der Waals surface area (Å²) in [5.74, 6) is -1.14. The van der Waals surface area contributed by atoms with Crippen molar-refractivity contribution < 1.29 is 14.5 Å². The van der Waals surface area contributed by atoms with Gasteiger partial charge in [-0.15, -0.1) is 0 Å². The number of carbonyl (C=O) groups excluding carboxylic acids is 2. The lowest BCUT2D eigenvalue weighted by Crippen LogP contribution is -2.33. The molecule has 0 spiro atoms. The number of hydrogen-bond donors (Lipinski definition) is 0. The predicted molar refractivity (Wildman–Crippen MR) is 70.1 cm³/mol. The molecule has 98 valence electrons. The molecule has 0 aromatic carbocycles. The summed E-state index contributed by atoms with van der Waals surface area (Å²) >= 11 is 0.839. The molecule has 2 heterocycles. The van der Waals surface area contributed by atoms with E-state index in [1.807, 2.05) is 0 Å². The van der Waals surface area contributed by atoms with E-state index < -0.39 is 16.7 Å². The number of aromatic nitrogens is 1. The Hall–Kier alpha value is -2.35. The van der Waals surface area contributed by atoms with Crippen molar-refractivity contribution >= 4 is 44.1 Å². The van der Waals surface area contributed by atoms with Crippen LogP contribution in [0.5, 0.6) is 0 Å². The summed E-state index contributed by atoms with van der Waals surface area (Å²) in [6.07, 6.45) is 1.50. The highest BCUT2D eigenvalue weighted by Gasteiger charge is 2.31. The van der Waals surface area contributed by atoms with Crippen molar-refractivity contribution in [2.75, 3.05) is 4.90 Å². The Morgan fingerprint density at radius 2 is 2.00 bits per heavy atom. The van der Waals surface area contributed by atoms with Crippen LogP contribution in [0, 0.1) is 10.1 Å². The third-order valence-corrected chi connectivity index (χ3v) is 3.50. The van der Waals surface area contributed by atoms with E-state index in [9.17, 15) is 19.7 Å². The van der Waals surface area contributed by atoms with Gasteiger partial charge in [0, 0.05) is 25.4 Å². The van der Waals surface area contributed by atoms with Crippen molar-refractivity contribution in [1.29, 1.82) is 0 Å². The Balaban J connectivity index is 2.82. The molecule has 2 amide bonds. The van der Waals surface area contributed by atoms with Crippen LogP contribution in [-0.4, -0.2) is 21.7 Å². The van der Waals surface area contributed by atoms with Gasteiger partial charge in [0.05, 0.1) is 4.92 Å². The van der Waals surface area contributed by atoms with Gasteiger partial charge in [-0.05, 0) is 23.5 Å². The van der Waals surface area contributed by atoms with E-state index in [0.717, 1.165) is 16.2 Å². The van der Waals surface area contributed by atoms with Crippen LogP contribution in [0.25, 0.3) is 10.2 Å². The molecule has 7 nitrogen and oxygen atoms in total. The van der Waals surface area contributed by atoms with Gasteiger partial charge in [-0.1, -0.05) is 0 Å². The molecule has 0 aliphatic carbocycles. The predicted octanol–water partition coefficient (Wildman–Crippen LogP) is 2.10. The quantitative estimate of drug-likeness (QED) is 0.620. The summed E-state index contributed by atoms with van der Waals surface area (Å²) in [4.78, 5) is 38.8. The van der Waals surface area contributed by atoms with E-state index in [0.29, 0.717) is 10.2 Å². The SMILES string of the molecule is CC(=O)N(C(C)=O)c1c([N+](=O)[O-])sc2ncccc12. The van der Waals surface area contributed by atoms with Crippen molar-refractivity contribution in [2.45, 2.75) is 13.8 Å². The number of hydrogen-bond acceptors (Lipinski definition) is 6. The Morgan fingerprint density at radius 1 is 1.37 bits per heavy atom.